The van der Waals surface area contributed by atoms with Crippen molar-refractivity contribution in [3.05, 3.63) is 71.8 Å². The summed E-state index contributed by atoms with van der Waals surface area (Å²) in [6.45, 7) is 4.25. The summed E-state index contributed by atoms with van der Waals surface area (Å²) in [4.78, 5) is 114. The van der Waals surface area contributed by atoms with Crippen LogP contribution >= 0.6 is 11.8 Å². The molecule has 60 heavy (non-hydrogen) atoms. The van der Waals surface area contributed by atoms with E-state index >= 15 is 0 Å². The standard InChI is InChI=1S/C43H58N8O8S/c1-26(2)23-35-41(57)47-31(19-22-60-3)43(59)50-20-10-15-34(50)40(56)45-29(16-17-36(44)52)37(53)48-33(25-28-13-8-5-9-14-28)39(55)49-32(24-27-11-6-4-7-12-27)38(54)46-30-18-21-51(35)42(30)58/h4-9,11-14,26,29-35H,10,15-25H2,1-3H3,(H2,44,52)(H,45,56)(H,46,54)(H,47,57)(H,48,53)(H,49,55)/t29-,30+,31-,32-,33-,34+,35-/m0/s1. The van der Waals surface area contributed by atoms with E-state index in [4.69, 9.17) is 5.73 Å². The first-order chi connectivity index (χ1) is 28.7. The topological polar surface area (TPSA) is 229 Å². The van der Waals surface area contributed by atoms with Gasteiger partial charge in [-0.1, -0.05) is 74.5 Å². The normalized spacial score (nSPS) is 26.1. The lowest BCUT2D eigenvalue weighted by Gasteiger charge is -2.33. The fraction of sp³-hybridized carbons (Fsp3) is 0.535. The highest BCUT2D eigenvalue weighted by molar-refractivity contribution is 7.98. The molecule has 16 nitrogen and oxygen atoms in total. The van der Waals surface area contributed by atoms with Crippen molar-refractivity contribution in [1.82, 2.24) is 36.4 Å². The maximum absolute atomic E-state index is 14.3. The SMILES string of the molecule is CSCC[C@@H]1NC(=O)[C@H](CC(C)C)N2CC[C@@H](NC(=O)[C@H](Cc3ccccc3)NC(=O)[C@H](Cc3ccccc3)NC(=O)[C@H](CCC(N)=O)NC(=O)[C@H]3CCCN3C1=O)C2=O. The summed E-state index contributed by atoms with van der Waals surface area (Å²) >= 11 is 1.49. The minimum Gasteiger partial charge on any atom is -0.370 e. The highest BCUT2D eigenvalue weighted by Crippen LogP contribution is 2.24. The second-order valence-corrected chi connectivity index (χ2v) is 17.1. The number of thioether (sulfide) groups is 1. The van der Waals surface area contributed by atoms with Crippen molar-refractivity contribution >= 4 is 59.0 Å². The number of nitrogens with zero attached hydrogens (tertiary/aromatic N) is 2. The summed E-state index contributed by atoms with van der Waals surface area (Å²) < 4.78 is 0. The van der Waals surface area contributed by atoms with Gasteiger partial charge in [-0.25, -0.2) is 0 Å². The Bertz CT molecular complexity index is 1870. The summed E-state index contributed by atoms with van der Waals surface area (Å²) in [6, 6.07) is 10.2. The van der Waals surface area contributed by atoms with Gasteiger partial charge in [0.05, 0.1) is 0 Å². The number of benzene rings is 2. The first-order valence-corrected chi connectivity index (χ1v) is 22.1. The molecular weight excluding hydrogens is 789 g/mol. The predicted molar refractivity (Wildman–Crippen MR) is 226 cm³/mol. The molecule has 5 rings (SSSR count). The van der Waals surface area contributed by atoms with E-state index in [9.17, 15) is 38.4 Å². The van der Waals surface area contributed by atoms with Gasteiger partial charge in [-0.2, -0.15) is 11.8 Å². The Morgan fingerprint density at radius 1 is 0.667 bits per heavy atom. The third kappa shape index (κ3) is 12.3. The lowest BCUT2D eigenvalue weighted by Crippen LogP contribution is -2.60. The second-order valence-electron chi connectivity index (χ2n) is 16.1. The van der Waals surface area contributed by atoms with Crippen molar-refractivity contribution in [2.24, 2.45) is 11.7 Å². The van der Waals surface area contributed by atoms with Crippen LogP contribution in [-0.4, -0.2) is 124 Å². The molecule has 2 aromatic carbocycles. The lowest BCUT2D eigenvalue weighted by atomic mass is 10.0. The van der Waals surface area contributed by atoms with E-state index in [1.165, 1.54) is 21.6 Å². The predicted octanol–water partition coefficient (Wildman–Crippen LogP) is 0.566. The quantitative estimate of drug-likeness (QED) is 0.175. The first-order valence-electron chi connectivity index (χ1n) is 20.7. The summed E-state index contributed by atoms with van der Waals surface area (Å²) in [5, 5.41) is 14.1. The van der Waals surface area contributed by atoms with Crippen LogP contribution in [0.3, 0.4) is 0 Å². The molecule has 2 aromatic rings. The zero-order valence-electron chi connectivity index (χ0n) is 34.5. The number of carbonyl (C=O) groups is 8. The summed E-state index contributed by atoms with van der Waals surface area (Å²) in [6.07, 6.45) is 3.00. The molecule has 0 aromatic heterocycles. The molecule has 0 spiro atoms. The fourth-order valence-electron chi connectivity index (χ4n) is 7.99. The summed E-state index contributed by atoms with van der Waals surface area (Å²) in [7, 11) is 0. The summed E-state index contributed by atoms with van der Waals surface area (Å²) in [5.41, 5.74) is 6.89. The minimum absolute atomic E-state index is 0.00521. The van der Waals surface area contributed by atoms with Crippen LogP contribution < -0.4 is 32.3 Å². The maximum atomic E-state index is 14.3. The molecule has 324 valence electrons. The van der Waals surface area contributed by atoms with Gasteiger partial charge in [0.25, 0.3) is 0 Å². The first kappa shape index (κ1) is 45.6. The molecule has 3 aliphatic rings. The Morgan fingerprint density at radius 2 is 1.22 bits per heavy atom. The van der Waals surface area contributed by atoms with Crippen LogP contribution in [0, 0.1) is 5.92 Å². The van der Waals surface area contributed by atoms with Gasteiger partial charge < -0.3 is 42.1 Å². The van der Waals surface area contributed by atoms with Crippen LogP contribution in [0.2, 0.25) is 0 Å². The number of nitrogens with one attached hydrogen (secondary N) is 5. The molecule has 17 heteroatoms. The largest absolute Gasteiger partial charge is 0.370 e. The van der Waals surface area contributed by atoms with Crippen LogP contribution in [-0.2, 0) is 51.2 Å². The zero-order valence-corrected chi connectivity index (χ0v) is 35.3. The van der Waals surface area contributed by atoms with E-state index < -0.39 is 89.6 Å². The molecule has 0 unspecified atom stereocenters. The number of fused-ring (bicyclic) bond motifs is 3. The van der Waals surface area contributed by atoms with Gasteiger partial charge in [-0.05, 0) is 67.6 Å². The van der Waals surface area contributed by atoms with Gasteiger partial charge in [0.1, 0.15) is 42.3 Å². The van der Waals surface area contributed by atoms with Crippen molar-refractivity contribution in [2.75, 3.05) is 25.1 Å². The van der Waals surface area contributed by atoms with E-state index in [1.807, 2.05) is 26.2 Å². The van der Waals surface area contributed by atoms with Crippen molar-refractivity contribution in [3.63, 3.8) is 0 Å². The second kappa shape index (κ2) is 21.7. The third-order valence-electron chi connectivity index (χ3n) is 11.1. The molecule has 7 N–H and O–H groups in total. The highest BCUT2D eigenvalue weighted by atomic mass is 32.2. The number of hydrogen-bond donors (Lipinski definition) is 6. The molecule has 3 heterocycles. The number of rotatable bonds is 12. The highest BCUT2D eigenvalue weighted by Gasteiger charge is 2.44. The van der Waals surface area contributed by atoms with Crippen LogP contribution in [0.25, 0.3) is 0 Å². The molecule has 0 saturated carbocycles. The third-order valence-corrected chi connectivity index (χ3v) is 11.8. The van der Waals surface area contributed by atoms with Gasteiger partial charge >= 0.3 is 0 Å². The molecule has 8 amide bonds. The lowest BCUT2D eigenvalue weighted by molar-refractivity contribution is -0.144. The van der Waals surface area contributed by atoms with Crippen molar-refractivity contribution < 1.29 is 38.4 Å². The van der Waals surface area contributed by atoms with Gasteiger partial charge in [0.15, 0.2) is 0 Å². The molecule has 3 fully saturated rings. The molecule has 0 radical (unpaired) electrons. The Hall–Kier alpha value is -5.45. The maximum Gasteiger partial charge on any atom is 0.245 e. The Labute approximate surface area is 355 Å². The van der Waals surface area contributed by atoms with Crippen molar-refractivity contribution in [1.29, 1.82) is 0 Å². The number of primary amides is 1. The molecular formula is C43H58N8O8S. The number of carbonyl (C=O) groups excluding carboxylic acids is 8. The van der Waals surface area contributed by atoms with Crippen LogP contribution in [0.4, 0.5) is 0 Å². The van der Waals surface area contributed by atoms with E-state index in [0.29, 0.717) is 24.2 Å². The van der Waals surface area contributed by atoms with Crippen LogP contribution in [0.5, 0.6) is 0 Å². The van der Waals surface area contributed by atoms with E-state index in [2.05, 4.69) is 26.6 Å². The van der Waals surface area contributed by atoms with E-state index in [-0.39, 0.29) is 64.0 Å². The zero-order chi connectivity index (χ0) is 43.3. The molecule has 3 saturated heterocycles. The van der Waals surface area contributed by atoms with Gasteiger partial charge in [0.2, 0.25) is 47.3 Å². The van der Waals surface area contributed by atoms with Gasteiger partial charge in [-0.3, -0.25) is 38.4 Å². The van der Waals surface area contributed by atoms with Gasteiger partial charge in [0, 0.05) is 32.4 Å². The molecule has 2 bridgehead atoms. The molecule has 0 aliphatic carbocycles. The smallest absolute Gasteiger partial charge is 0.245 e. The summed E-state index contributed by atoms with van der Waals surface area (Å²) in [5.74, 6) is -4.41. The van der Waals surface area contributed by atoms with Crippen LogP contribution in [0.1, 0.15) is 69.9 Å². The number of hydrogen-bond acceptors (Lipinski definition) is 9. The Balaban J connectivity index is 1.55. The average molecular weight is 847 g/mol. The molecule has 3 aliphatic heterocycles. The number of nitrogens with two attached hydrogens (primary N) is 1. The number of amides is 8. The fourth-order valence-corrected chi connectivity index (χ4v) is 8.46. The minimum atomic E-state index is -1.33. The van der Waals surface area contributed by atoms with Crippen LogP contribution in [0.15, 0.2) is 60.7 Å². The van der Waals surface area contributed by atoms with Gasteiger partial charge in [-0.15, -0.1) is 0 Å². The monoisotopic (exact) mass is 846 g/mol. The molecule has 7 atom stereocenters. The van der Waals surface area contributed by atoms with Crippen molar-refractivity contribution in [3.8, 4) is 0 Å². The Morgan fingerprint density at radius 3 is 1.78 bits per heavy atom. The van der Waals surface area contributed by atoms with Crippen molar-refractivity contribution in [2.45, 2.75) is 114 Å². The Kier molecular flexibility index (Phi) is 16.5. The average Bonchev–Trinajstić information content (AvgIpc) is 3.86. The van der Waals surface area contributed by atoms with E-state index in [0.717, 1.165) is 5.56 Å². The van der Waals surface area contributed by atoms with E-state index in [1.54, 1.807) is 54.6 Å².